The van der Waals surface area contributed by atoms with Gasteiger partial charge >= 0.3 is 0 Å². The van der Waals surface area contributed by atoms with Gasteiger partial charge in [0.15, 0.2) is 0 Å². The smallest absolute Gasteiger partial charge is 0.113 e. The maximum Gasteiger partial charge on any atom is 0.113 e. The Balaban J connectivity index is 1.85. The summed E-state index contributed by atoms with van der Waals surface area (Å²) in [6.45, 7) is 6.79. The van der Waals surface area contributed by atoms with Gasteiger partial charge < -0.3 is 9.88 Å². The fraction of sp³-hybridized carbons (Fsp3) is 0.562. The van der Waals surface area contributed by atoms with Crippen LogP contribution in [0.3, 0.4) is 0 Å². The average molecular weight is 255 g/mol. The van der Waals surface area contributed by atoms with Gasteiger partial charge in [0.05, 0.1) is 11.0 Å². The largest absolute Gasteiger partial charge is 0.325 e. The third-order valence-corrected chi connectivity index (χ3v) is 4.71. The Bertz CT molecular complexity index is 620. The first-order valence-electron chi connectivity index (χ1n) is 7.43. The zero-order chi connectivity index (χ0) is 13.0. The van der Waals surface area contributed by atoms with Crippen LogP contribution in [0, 0.1) is 12.8 Å². The molecule has 4 rings (SSSR count). The first-order valence-corrected chi connectivity index (χ1v) is 7.43. The summed E-state index contributed by atoms with van der Waals surface area (Å²) < 4.78 is 2.53. The number of fused-ring (bicyclic) bond motifs is 1. The summed E-state index contributed by atoms with van der Waals surface area (Å²) >= 11 is 0. The van der Waals surface area contributed by atoms with E-state index in [0.717, 1.165) is 19.0 Å². The van der Waals surface area contributed by atoms with E-state index in [-0.39, 0.29) is 0 Å². The number of rotatable bonds is 3. The van der Waals surface area contributed by atoms with E-state index in [1.165, 1.54) is 35.3 Å². The quantitative estimate of drug-likeness (QED) is 0.913. The van der Waals surface area contributed by atoms with E-state index in [4.69, 9.17) is 4.98 Å². The van der Waals surface area contributed by atoms with Gasteiger partial charge in [0, 0.05) is 12.0 Å². The van der Waals surface area contributed by atoms with Gasteiger partial charge in [-0.25, -0.2) is 4.98 Å². The molecule has 1 unspecified atom stereocenters. The molecular formula is C16H21N3. The zero-order valence-electron chi connectivity index (χ0n) is 11.7. The summed E-state index contributed by atoms with van der Waals surface area (Å²) in [6, 6.07) is 7.40. The SMILES string of the molecule is Cc1ccc2c(c1)nc(C(C)C1CNC1)n2C1CC1. The van der Waals surface area contributed by atoms with Gasteiger partial charge in [0.25, 0.3) is 0 Å². The van der Waals surface area contributed by atoms with Crippen LogP contribution in [0.4, 0.5) is 0 Å². The number of aromatic nitrogens is 2. The Labute approximate surface area is 114 Å². The van der Waals surface area contributed by atoms with Crippen LogP contribution in [0.15, 0.2) is 18.2 Å². The lowest BCUT2D eigenvalue weighted by Gasteiger charge is -2.32. The molecule has 0 radical (unpaired) electrons. The normalized spacial score (nSPS) is 21.6. The van der Waals surface area contributed by atoms with Crippen LogP contribution in [0.25, 0.3) is 11.0 Å². The number of hydrogen-bond donors (Lipinski definition) is 1. The van der Waals surface area contributed by atoms with Crippen LogP contribution in [0.2, 0.25) is 0 Å². The monoisotopic (exact) mass is 255 g/mol. The van der Waals surface area contributed by atoms with Gasteiger partial charge in [-0.15, -0.1) is 0 Å². The predicted molar refractivity (Wildman–Crippen MR) is 77.5 cm³/mol. The topological polar surface area (TPSA) is 29.9 Å². The summed E-state index contributed by atoms with van der Waals surface area (Å²) in [6.07, 6.45) is 2.64. The van der Waals surface area contributed by atoms with Crippen LogP contribution < -0.4 is 5.32 Å². The van der Waals surface area contributed by atoms with Crippen molar-refractivity contribution in [2.45, 2.75) is 38.6 Å². The molecule has 2 fully saturated rings. The van der Waals surface area contributed by atoms with E-state index in [0.29, 0.717) is 12.0 Å². The molecule has 100 valence electrons. The molecule has 1 saturated heterocycles. The number of imidazole rings is 1. The van der Waals surface area contributed by atoms with Crippen molar-refractivity contribution in [1.29, 1.82) is 0 Å². The van der Waals surface area contributed by atoms with Crippen LogP contribution >= 0.6 is 0 Å². The third kappa shape index (κ3) is 1.79. The Morgan fingerprint density at radius 3 is 2.74 bits per heavy atom. The fourth-order valence-electron chi connectivity index (χ4n) is 3.14. The molecule has 2 heterocycles. The molecule has 1 atom stereocenters. The molecular weight excluding hydrogens is 234 g/mol. The number of benzene rings is 1. The van der Waals surface area contributed by atoms with E-state index >= 15 is 0 Å². The Morgan fingerprint density at radius 2 is 2.11 bits per heavy atom. The minimum absolute atomic E-state index is 0.564. The molecule has 1 saturated carbocycles. The number of nitrogens with zero attached hydrogens (tertiary/aromatic N) is 2. The highest BCUT2D eigenvalue weighted by Crippen LogP contribution is 2.41. The van der Waals surface area contributed by atoms with E-state index in [9.17, 15) is 0 Å². The molecule has 1 aromatic heterocycles. The molecule has 19 heavy (non-hydrogen) atoms. The maximum atomic E-state index is 4.97. The minimum atomic E-state index is 0.564. The predicted octanol–water partition coefficient (Wildman–Crippen LogP) is 3.00. The average Bonchev–Trinajstić information content (AvgIpc) is 3.07. The highest BCUT2D eigenvalue weighted by Gasteiger charge is 2.33. The van der Waals surface area contributed by atoms with E-state index in [1.54, 1.807) is 0 Å². The van der Waals surface area contributed by atoms with Crippen molar-refractivity contribution in [3.63, 3.8) is 0 Å². The second-order valence-corrected chi connectivity index (χ2v) is 6.27. The molecule has 1 aromatic carbocycles. The lowest BCUT2D eigenvalue weighted by Crippen LogP contribution is -2.45. The second-order valence-electron chi connectivity index (χ2n) is 6.27. The Kier molecular flexibility index (Phi) is 2.46. The van der Waals surface area contributed by atoms with Crippen LogP contribution in [-0.2, 0) is 0 Å². The van der Waals surface area contributed by atoms with Crippen molar-refractivity contribution in [2.75, 3.05) is 13.1 Å². The summed E-state index contributed by atoms with van der Waals surface area (Å²) in [4.78, 5) is 4.97. The summed E-state index contributed by atoms with van der Waals surface area (Å²) in [7, 11) is 0. The van der Waals surface area contributed by atoms with E-state index in [2.05, 4.69) is 41.9 Å². The fourth-order valence-corrected chi connectivity index (χ4v) is 3.14. The molecule has 0 amide bonds. The van der Waals surface area contributed by atoms with Crippen molar-refractivity contribution < 1.29 is 0 Å². The minimum Gasteiger partial charge on any atom is -0.325 e. The molecule has 3 nitrogen and oxygen atoms in total. The second kappa shape index (κ2) is 4.07. The molecule has 1 aliphatic carbocycles. The molecule has 0 bridgehead atoms. The molecule has 2 aliphatic rings. The number of nitrogens with one attached hydrogen (secondary N) is 1. The first kappa shape index (κ1) is 11.5. The molecule has 2 aromatic rings. The number of aryl methyl sites for hydroxylation is 1. The molecule has 1 N–H and O–H groups in total. The summed E-state index contributed by atoms with van der Waals surface area (Å²) in [5.41, 5.74) is 3.82. The van der Waals surface area contributed by atoms with Crippen molar-refractivity contribution in [3.05, 3.63) is 29.6 Å². The van der Waals surface area contributed by atoms with Gasteiger partial charge in [-0.05, 0) is 56.5 Å². The van der Waals surface area contributed by atoms with Gasteiger partial charge in [0.1, 0.15) is 5.82 Å². The van der Waals surface area contributed by atoms with Gasteiger partial charge in [-0.2, -0.15) is 0 Å². The lowest BCUT2D eigenvalue weighted by atomic mass is 9.88. The highest BCUT2D eigenvalue weighted by atomic mass is 15.1. The standard InChI is InChI=1S/C16H21N3/c1-10-3-6-15-14(7-10)18-16(19(15)13-4-5-13)11(2)12-8-17-9-12/h3,6-7,11-13,17H,4-5,8-9H2,1-2H3. The highest BCUT2D eigenvalue weighted by molar-refractivity contribution is 5.77. The van der Waals surface area contributed by atoms with E-state index in [1.807, 2.05) is 0 Å². The zero-order valence-corrected chi connectivity index (χ0v) is 11.7. The Morgan fingerprint density at radius 1 is 1.32 bits per heavy atom. The van der Waals surface area contributed by atoms with Crippen molar-refractivity contribution in [2.24, 2.45) is 5.92 Å². The molecule has 1 aliphatic heterocycles. The van der Waals surface area contributed by atoms with E-state index < -0.39 is 0 Å². The van der Waals surface area contributed by atoms with Gasteiger partial charge in [-0.1, -0.05) is 13.0 Å². The molecule has 0 spiro atoms. The first-order chi connectivity index (χ1) is 9.24. The van der Waals surface area contributed by atoms with Crippen molar-refractivity contribution in [3.8, 4) is 0 Å². The summed E-state index contributed by atoms with van der Waals surface area (Å²) in [5.74, 6) is 2.64. The lowest BCUT2D eigenvalue weighted by molar-refractivity contribution is 0.291. The maximum absolute atomic E-state index is 4.97. The van der Waals surface area contributed by atoms with Crippen molar-refractivity contribution >= 4 is 11.0 Å². The van der Waals surface area contributed by atoms with Crippen LogP contribution in [0.1, 0.15) is 43.1 Å². The summed E-state index contributed by atoms with van der Waals surface area (Å²) in [5, 5.41) is 3.38. The van der Waals surface area contributed by atoms with Crippen LogP contribution in [-0.4, -0.2) is 22.6 Å². The number of hydrogen-bond acceptors (Lipinski definition) is 2. The Hall–Kier alpha value is -1.35. The molecule has 3 heteroatoms. The van der Waals surface area contributed by atoms with Gasteiger partial charge in [0.2, 0.25) is 0 Å². The van der Waals surface area contributed by atoms with Crippen molar-refractivity contribution in [1.82, 2.24) is 14.9 Å². The third-order valence-electron chi connectivity index (χ3n) is 4.71. The van der Waals surface area contributed by atoms with Gasteiger partial charge in [-0.3, -0.25) is 0 Å². The van der Waals surface area contributed by atoms with Crippen LogP contribution in [0.5, 0.6) is 0 Å².